The van der Waals surface area contributed by atoms with E-state index in [1.165, 1.54) is 6.07 Å². The summed E-state index contributed by atoms with van der Waals surface area (Å²) in [5.41, 5.74) is -0.660. The van der Waals surface area contributed by atoms with Crippen LogP contribution in [0.1, 0.15) is 32.1 Å². The maximum absolute atomic E-state index is 13.3. The van der Waals surface area contributed by atoms with Gasteiger partial charge in [-0.1, -0.05) is 12.8 Å². The SMILES string of the molecule is O=C(CCN1C(=O)[C@H]2CCCC[C@H]2C1=O)Nc1ccc(F)c([N+](=O)[O-])c1. The van der Waals surface area contributed by atoms with Crippen molar-refractivity contribution in [3.05, 3.63) is 34.1 Å². The van der Waals surface area contributed by atoms with Crippen LogP contribution >= 0.6 is 0 Å². The standard InChI is InChI=1S/C17H18FN3O5/c18-13-6-5-10(9-14(13)21(25)26)19-15(22)7-8-20-16(23)11-3-1-2-4-12(11)17(20)24/h5-6,9,11-12H,1-4,7-8H2,(H,19,22)/t11-,12+. The second-order valence-electron chi connectivity index (χ2n) is 6.55. The number of imide groups is 1. The Morgan fingerprint density at radius 1 is 1.23 bits per heavy atom. The molecule has 138 valence electrons. The second kappa shape index (κ2) is 7.19. The molecule has 0 spiro atoms. The summed E-state index contributed by atoms with van der Waals surface area (Å²) in [4.78, 5) is 47.7. The van der Waals surface area contributed by atoms with Gasteiger partial charge >= 0.3 is 5.69 Å². The first kappa shape index (κ1) is 18.0. The Bertz CT molecular complexity index is 758. The molecular weight excluding hydrogens is 345 g/mol. The number of benzene rings is 1. The van der Waals surface area contributed by atoms with Crippen LogP contribution in [0.25, 0.3) is 0 Å². The lowest BCUT2D eigenvalue weighted by Gasteiger charge is -2.19. The second-order valence-corrected chi connectivity index (χ2v) is 6.55. The Kier molecular flexibility index (Phi) is 4.97. The number of nitro benzene ring substituents is 1. The number of nitrogens with one attached hydrogen (secondary N) is 1. The third kappa shape index (κ3) is 3.42. The Labute approximate surface area is 148 Å². The largest absolute Gasteiger partial charge is 0.326 e. The van der Waals surface area contributed by atoms with E-state index >= 15 is 0 Å². The molecule has 9 heteroatoms. The van der Waals surface area contributed by atoms with Crippen LogP contribution in [0.2, 0.25) is 0 Å². The number of amides is 3. The molecule has 0 unspecified atom stereocenters. The lowest BCUT2D eigenvalue weighted by molar-refractivity contribution is -0.387. The van der Waals surface area contributed by atoms with Gasteiger partial charge in [-0.2, -0.15) is 4.39 Å². The number of carbonyl (C=O) groups is 3. The number of hydrogen-bond donors (Lipinski definition) is 1. The Morgan fingerprint density at radius 3 is 2.42 bits per heavy atom. The number of anilines is 1. The quantitative estimate of drug-likeness (QED) is 0.490. The zero-order valence-corrected chi connectivity index (χ0v) is 13.9. The van der Waals surface area contributed by atoms with E-state index in [0.717, 1.165) is 29.9 Å². The highest BCUT2D eigenvalue weighted by atomic mass is 19.1. The third-order valence-electron chi connectivity index (χ3n) is 4.92. The van der Waals surface area contributed by atoms with Gasteiger partial charge in [-0.25, -0.2) is 0 Å². The zero-order valence-electron chi connectivity index (χ0n) is 13.9. The fourth-order valence-corrected chi connectivity index (χ4v) is 3.62. The molecule has 1 aromatic carbocycles. The molecule has 0 bridgehead atoms. The molecular formula is C17H18FN3O5. The molecule has 0 aromatic heterocycles. The van der Waals surface area contributed by atoms with Gasteiger partial charge in [-0.3, -0.25) is 29.4 Å². The Morgan fingerprint density at radius 2 is 1.85 bits per heavy atom. The van der Waals surface area contributed by atoms with Gasteiger partial charge in [0.25, 0.3) is 0 Å². The van der Waals surface area contributed by atoms with E-state index in [1.54, 1.807) is 0 Å². The molecule has 0 radical (unpaired) electrons. The van der Waals surface area contributed by atoms with E-state index in [0.29, 0.717) is 12.8 Å². The Balaban J connectivity index is 1.59. The first-order valence-electron chi connectivity index (χ1n) is 8.47. The minimum Gasteiger partial charge on any atom is -0.326 e. The zero-order chi connectivity index (χ0) is 18.8. The van der Waals surface area contributed by atoms with Gasteiger partial charge in [0.15, 0.2) is 0 Å². The lowest BCUT2D eigenvalue weighted by atomic mass is 9.81. The van der Waals surface area contributed by atoms with Gasteiger partial charge in [-0.15, -0.1) is 0 Å². The lowest BCUT2D eigenvalue weighted by Crippen LogP contribution is -2.34. The van der Waals surface area contributed by atoms with Crippen LogP contribution in [0.15, 0.2) is 18.2 Å². The summed E-state index contributed by atoms with van der Waals surface area (Å²) >= 11 is 0. The minimum absolute atomic E-state index is 0.0280. The van der Waals surface area contributed by atoms with E-state index in [9.17, 15) is 28.9 Å². The molecule has 1 heterocycles. The molecule has 3 amide bonds. The first-order valence-corrected chi connectivity index (χ1v) is 8.47. The molecule has 1 aliphatic heterocycles. The molecule has 1 N–H and O–H groups in total. The van der Waals surface area contributed by atoms with Gasteiger partial charge in [0.1, 0.15) is 0 Å². The number of fused-ring (bicyclic) bond motifs is 1. The molecule has 2 atom stereocenters. The van der Waals surface area contributed by atoms with Crippen molar-refractivity contribution in [3.63, 3.8) is 0 Å². The molecule has 1 saturated heterocycles. The first-order chi connectivity index (χ1) is 12.4. The molecule has 1 aliphatic carbocycles. The smallest absolute Gasteiger partial charge is 0.306 e. The van der Waals surface area contributed by atoms with Gasteiger partial charge < -0.3 is 5.32 Å². The van der Waals surface area contributed by atoms with Crippen molar-refractivity contribution in [1.29, 1.82) is 0 Å². The highest BCUT2D eigenvalue weighted by molar-refractivity contribution is 6.05. The van der Waals surface area contributed by atoms with Gasteiger partial charge in [0.2, 0.25) is 23.5 Å². The number of likely N-dealkylation sites (tertiary alicyclic amines) is 1. The van der Waals surface area contributed by atoms with Crippen LogP contribution in [-0.4, -0.2) is 34.1 Å². The van der Waals surface area contributed by atoms with Crippen molar-refractivity contribution >= 4 is 29.1 Å². The summed E-state index contributed by atoms with van der Waals surface area (Å²) in [7, 11) is 0. The molecule has 8 nitrogen and oxygen atoms in total. The van der Waals surface area contributed by atoms with Gasteiger partial charge in [0, 0.05) is 24.7 Å². The number of halogens is 1. The predicted octanol–water partition coefficient (Wildman–Crippen LogP) is 2.24. The van der Waals surface area contributed by atoms with Crippen molar-refractivity contribution in [1.82, 2.24) is 4.90 Å². The van der Waals surface area contributed by atoms with E-state index in [4.69, 9.17) is 0 Å². The highest BCUT2D eigenvalue weighted by Gasteiger charge is 2.47. The van der Waals surface area contributed by atoms with Crippen LogP contribution in [0, 0.1) is 27.8 Å². The van der Waals surface area contributed by atoms with E-state index in [2.05, 4.69) is 5.32 Å². The van der Waals surface area contributed by atoms with E-state index in [1.807, 2.05) is 0 Å². The summed E-state index contributed by atoms with van der Waals surface area (Å²) in [6, 6.07) is 3.03. The summed E-state index contributed by atoms with van der Waals surface area (Å²) in [6.45, 7) is -0.0280. The third-order valence-corrected chi connectivity index (χ3v) is 4.92. The highest BCUT2D eigenvalue weighted by Crippen LogP contribution is 2.38. The molecule has 1 aromatic rings. The summed E-state index contributed by atoms with van der Waals surface area (Å²) in [6.07, 6.45) is 3.15. The van der Waals surface area contributed by atoms with Crippen molar-refractivity contribution in [2.24, 2.45) is 11.8 Å². The summed E-state index contributed by atoms with van der Waals surface area (Å²) in [5.74, 6) is -2.47. The number of nitrogens with zero attached hydrogens (tertiary/aromatic N) is 2. The number of nitro groups is 1. The number of carbonyl (C=O) groups excluding carboxylic acids is 3. The number of hydrogen-bond acceptors (Lipinski definition) is 5. The van der Waals surface area contributed by atoms with E-state index in [-0.39, 0.29) is 42.3 Å². The fraction of sp³-hybridized carbons (Fsp3) is 0.471. The van der Waals surface area contributed by atoms with Gasteiger partial charge in [-0.05, 0) is 25.0 Å². The van der Waals surface area contributed by atoms with Crippen molar-refractivity contribution in [2.45, 2.75) is 32.1 Å². The van der Waals surface area contributed by atoms with Crippen molar-refractivity contribution in [3.8, 4) is 0 Å². The van der Waals surface area contributed by atoms with Crippen LogP contribution in [0.4, 0.5) is 15.8 Å². The summed E-state index contributed by atoms with van der Waals surface area (Å²) in [5, 5.41) is 13.1. The minimum atomic E-state index is -0.996. The normalized spacial score (nSPS) is 22.3. The van der Waals surface area contributed by atoms with Crippen molar-refractivity contribution in [2.75, 3.05) is 11.9 Å². The molecule has 2 aliphatic rings. The molecule has 3 rings (SSSR count). The monoisotopic (exact) mass is 363 g/mol. The number of rotatable bonds is 5. The van der Waals surface area contributed by atoms with Crippen molar-refractivity contribution < 1.29 is 23.7 Å². The maximum Gasteiger partial charge on any atom is 0.306 e. The maximum atomic E-state index is 13.3. The average Bonchev–Trinajstić information content (AvgIpc) is 2.86. The topological polar surface area (TPSA) is 110 Å². The van der Waals surface area contributed by atoms with Crippen LogP contribution in [0.3, 0.4) is 0 Å². The molecule has 2 fully saturated rings. The Hall–Kier alpha value is -2.84. The van der Waals surface area contributed by atoms with Crippen LogP contribution in [-0.2, 0) is 14.4 Å². The van der Waals surface area contributed by atoms with Crippen LogP contribution < -0.4 is 5.32 Å². The van der Waals surface area contributed by atoms with E-state index < -0.39 is 22.3 Å². The average molecular weight is 363 g/mol. The van der Waals surface area contributed by atoms with Crippen LogP contribution in [0.5, 0.6) is 0 Å². The molecule has 1 saturated carbocycles. The molecule has 26 heavy (non-hydrogen) atoms. The van der Waals surface area contributed by atoms with Gasteiger partial charge in [0.05, 0.1) is 16.8 Å². The fourth-order valence-electron chi connectivity index (χ4n) is 3.62. The summed E-state index contributed by atoms with van der Waals surface area (Å²) < 4.78 is 13.3. The predicted molar refractivity (Wildman–Crippen MR) is 88.5 cm³/mol.